The summed E-state index contributed by atoms with van der Waals surface area (Å²) in [6.07, 6.45) is 3.71. The molecular weight excluding hydrogens is 214 g/mol. The summed E-state index contributed by atoms with van der Waals surface area (Å²) in [7, 11) is 1.79. The number of amides is 1. The number of carbonyl (C=O) groups is 1. The van der Waals surface area contributed by atoms with Crippen LogP contribution in [0.4, 0.5) is 0 Å². The molecule has 0 spiro atoms. The zero-order valence-corrected chi connectivity index (χ0v) is 9.80. The number of hydrogen-bond acceptors (Lipinski definition) is 2. The van der Waals surface area contributed by atoms with Crippen molar-refractivity contribution >= 4 is 23.6 Å². The molecule has 0 aliphatic rings. The van der Waals surface area contributed by atoms with E-state index in [1.807, 2.05) is 19.1 Å². The van der Waals surface area contributed by atoms with Gasteiger partial charge in [-0.25, -0.2) is 0 Å². The van der Waals surface area contributed by atoms with Crippen LogP contribution >= 0.6 is 11.6 Å². The van der Waals surface area contributed by atoms with Crippen molar-refractivity contribution in [3.63, 3.8) is 0 Å². The lowest BCUT2D eigenvalue weighted by Gasteiger charge is -1.95. The number of aryl methyl sites for hydroxylation is 2. The Kier molecular flexibility index (Phi) is 3.91. The number of rotatable bonds is 3. The molecule has 5 heteroatoms. The van der Waals surface area contributed by atoms with E-state index < -0.39 is 0 Å². The van der Waals surface area contributed by atoms with Crippen LogP contribution in [0.5, 0.6) is 0 Å². The van der Waals surface area contributed by atoms with Crippen molar-refractivity contribution in [3.8, 4) is 0 Å². The quantitative estimate of drug-likeness (QED) is 0.852. The smallest absolute Gasteiger partial charge is 0.217 e. The van der Waals surface area contributed by atoms with E-state index in [-0.39, 0.29) is 5.91 Å². The van der Waals surface area contributed by atoms with Crippen LogP contribution in [-0.2, 0) is 11.8 Å². The van der Waals surface area contributed by atoms with Gasteiger partial charge in [-0.05, 0) is 6.92 Å². The van der Waals surface area contributed by atoms with Crippen LogP contribution in [0.15, 0.2) is 6.08 Å². The third-order valence-corrected chi connectivity index (χ3v) is 2.40. The van der Waals surface area contributed by atoms with Crippen molar-refractivity contribution in [2.45, 2.75) is 13.8 Å². The molecule has 0 unspecified atom stereocenters. The van der Waals surface area contributed by atoms with Crippen molar-refractivity contribution in [2.75, 3.05) is 6.54 Å². The van der Waals surface area contributed by atoms with Gasteiger partial charge in [0.25, 0.3) is 0 Å². The van der Waals surface area contributed by atoms with Gasteiger partial charge in [0, 0.05) is 26.1 Å². The van der Waals surface area contributed by atoms with E-state index in [4.69, 9.17) is 11.6 Å². The first-order valence-electron chi connectivity index (χ1n) is 4.62. The van der Waals surface area contributed by atoms with E-state index >= 15 is 0 Å². The Morgan fingerprint density at radius 1 is 1.67 bits per heavy atom. The van der Waals surface area contributed by atoms with Gasteiger partial charge >= 0.3 is 0 Å². The van der Waals surface area contributed by atoms with Crippen LogP contribution in [0.25, 0.3) is 6.08 Å². The molecule has 0 atom stereocenters. The van der Waals surface area contributed by atoms with Crippen molar-refractivity contribution in [2.24, 2.45) is 7.05 Å². The van der Waals surface area contributed by atoms with Crippen molar-refractivity contribution in [3.05, 3.63) is 22.5 Å². The number of aromatic nitrogens is 2. The average molecular weight is 228 g/mol. The third kappa shape index (κ3) is 3.09. The lowest BCUT2D eigenvalue weighted by atomic mass is 10.2. The largest absolute Gasteiger partial charge is 0.353 e. The van der Waals surface area contributed by atoms with Gasteiger partial charge in [0.05, 0.1) is 5.69 Å². The van der Waals surface area contributed by atoms with Gasteiger partial charge in [-0.3, -0.25) is 9.48 Å². The molecule has 15 heavy (non-hydrogen) atoms. The van der Waals surface area contributed by atoms with Crippen LogP contribution < -0.4 is 5.32 Å². The molecule has 0 aliphatic carbocycles. The predicted octanol–water partition coefficient (Wildman–Crippen LogP) is 1.53. The van der Waals surface area contributed by atoms with E-state index in [9.17, 15) is 4.79 Å². The van der Waals surface area contributed by atoms with Crippen molar-refractivity contribution in [1.82, 2.24) is 15.1 Å². The summed E-state index contributed by atoms with van der Waals surface area (Å²) in [6, 6.07) is 0. The molecule has 0 radical (unpaired) electrons. The van der Waals surface area contributed by atoms with Crippen molar-refractivity contribution < 1.29 is 4.79 Å². The van der Waals surface area contributed by atoms with Crippen LogP contribution in [0, 0.1) is 6.92 Å². The molecule has 0 aliphatic heterocycles. The molecule has 1 aromatic heterocycles. The highest BCUT2D eigenvalue weighted by molar-refractivity contribution is 6.31. The Labute approximate surface area is 93.9 Å². The highest BCUT2D eigenvalue weighted by atomic mass is 35.5. The Morgan fingerprint density at radius 3 is 2.80 bits per heavy atom. The van der Waals surface area contributed by atoms with E-state index in [0.29, 0.717) is 11.7 Å². The summed E-state index contributed by atoms with van der Waals surface area (Å²) in [6.45, 7) is 3.88. The molecule has 0 fully saturated rings. The first-order valence-corrected chi connectivity index (χ1v) is 5.00. The normalized spacial score (nSPS) is 10.9. The standard InChI is InChI=1S/C10H14ClN3O/c1-7-9(10(11)14(3)13-7)5-4-6-12-8(2)15/h4-5H,6H2,1-3H3,(H,12,15). The second-order valence-corrected chi connectivity index (χ2v) is 3.61. The molecule has 0 saturated carbocycles. The van der Waals surface area contributed by atoms with Crippen LogP contribution in [-0.4, -0.2) is 22.2 Å². The van der Waals surface area contributed by atoms with E-state index in [2.05, 4.69) is 10.4 Å². The maximum atomic E-state index is 10.6. The summed E-state index contributed by atoms with van der Waals surface area (Å²) < 4.78 is 1.62. The molecule has 0 aromatic carbocycles. The fourth-order valence-corrected chi connectivity index (χ4v) is 1.45. The van der Waals surface area contributed by atoms with E-state index in [0.717, 1.165) is 11.3 Å². The molecule has 82 valence electrons. The van der Waals surface area contributed by atoms with Gasteiger partial charge in [0.2, 0.25) is 5.91 Å². The monoisotopic (exact) mass is 227 g/mol. The third-order valence-electron chi connectivity index (χ3n) is 1.95. The first kappa shape index (κ1) is 11.8. The first-order chi connectivity index (χ1) is 7.02. The molecule has 1 amide bonds. The molecule has 0 saturated heterocycles. The Bertz CT molecular complexity index is 396. The summed E-state index contributed by atoms with van der Waals surface area (Å²) in [5.74, 6) is -0.0475. The number of nitrogens with one attached hydrogen (secondary N) is 1. The molecule has 1 rings (SSSR count). The predicted molar refractivity (Wildman–Crippen MR) is 60.7 cm³/mol. The van der Waals surface area contributed by atoms with Gasteiger partial charge in [0.1, 0.15) is 5.15 Å². The van der Waals surface area contributed by atoms with E-state index in [1.54, 1.807) is 11.7 Å². The van der Waals surface area contributed by atoms with Gasteiger partial charge in [-0.2, -0.15) is 5.10 Å². The van der Waals surface area contributed by atoms with Crippen molar-refractivity contribution in [1.29, 1.82) is 0 Å². The lowest BCUT2D eigenvalue weighted by Crippen LogP contribution is -2.19. The molecule has 4 nitrogen and oxygen atoms in total. The van der Waals surface area contributed by atoms with Gasteiger partial charge in [-0.15, -0.1) is 0 Å². The SMILES string of the molecule is CC(=O)NCC=Cc1c(C)nn(C)c1Cl. The average Bonchev–Trinajstić information content (AvgIpc) is 2.37. The second kappa shape index (κ2) is 4.98. The molecular formula is C10H14ClN3O. The Balaban J connectivity index is 2.68. The fraction of sp³-hybridized carbons (Fsp3) is 0.400. The molecule has 1 heterocycles. The Morgan fingerprint density at radius 2 is 2.33 bits per heavy atom. The number of nitrogens with zero attached hydrogens (tertiary/aromatic N) is 2. The second-order valence-electron chi connectivity index (χ2n) is 3.25. The zero-order chi connectivity index (χ0) is 11.4. The summed E-state index contributed by atoms with van der Waals surface area (Å²) in [4.78, 5) is 10.6. The molecule has 1 aromatic rings. The number of hydrogen-bond donors (Lipinski definition) is 1. The fourth-order valence-electron chi connectivity index (χ4n) is 1.22. The molecule has 0 bridgehead atoms. The van der Waals surface area contributed by atoms with Gasteiger partial charge < -0.3 is 5.32 Å². The Hall–Kier alpha value is -1.29. The van der Waals surface area contributed by atoms with Crippen LogP contribution in [0.3, 0.4) is 0 Å². The maximum Gasteiger partial charge on any atom is 0.217 e. The maximum absolute atomic E-state index is 10.6. The van der Waals surface area contributed by atoms with Crippen LogP contribution in [0.2, 0.25) is 5.15 Å². The van der Waals surface area contributed by atoms with E-state index in [1.165, 1.54) is 6.92 Å². The minimum Gasteiger partial charge on any atom is -0.353 e. The van der Waals surface area contributed by atoms with Gasteiger partial charge in [-0.1, -0.05) is 23.8 Å². The highest BCUT2D eigenvalue weighted by Gasteiger charge is 2.06. The summed E-state index contributed by atoms with van der Waals surface area (Å²) >= 11 is 6.02. The lowest BCUT2D eigenvalue weighted by molar-refractivity contribution is -0.118. The van der Waals surface area contributed by atoms with Gasteiger partial charge in [0.15, 0.2) is 0 Å². The summed E-state index contributed by atoms with van der Waals surface area (Å²) in [5.41, 5.74) is 1.77. The number of carbonyl (C=O) groups excluding carboxylic acids is 1. The minimum atomic E-state index is -0.0475. The van der Waals surface area contributed by atoms with Crippen LogP contribution in [0.1, 0.15) is 18.2 Å². The summed E-state index contributed by atoms with van der Waals surface area (Å²) in [5, 5.41) is 7.44. The minimum absolute atomic E-state index is 0.0475. The molecule has 1 N–H and O–H groups in total. The topological polar surface area (TPSA) is 46.9 Å². The highest BCUT2D eigenvalue weighted by Crippen LogP contribution is 2.19. The zero-order valence-electron chi connectivity index (χ0n) is 9.04. The number of halogens is 1.